The van der Waals surface area contributed by atoms with Gasteiger partial charge in [-0.25, -0.2) is 22.4 Å². The lowest BCUT2D eigenvalue weighted by Crippen LogP contribution is -1.97. The Bertz CT molecular complexity index is 207. The van der Waals surface area contributed by atoms with Crippen LogP contribution in [-0.2, 0) is 58.0 Å². The average molecular weight is 221 g/mol. The first-order chi connectivity index (χ1) is 3.50. The molecule has 0 heterocycles. The Morgan fingerprint density at radius 1 is 1.38 bits per heavy atom. The van der Waals surface area contributed by atoms with Crippen molar-refractivity contribution in [3.05, 3.63) is 0 Å². The quantitative estimate of drug-likeness (QED) is 0.493. The smallest absolute Gasteiger partial charge is 0.0179 e. The molecule has 50 valence electrons. The van der Waals surface area contributed by atoms with Gasteiger partial charge in [-0.1, -0.05) is 29.3 Å². The van der Waals surface area contributed by atoms with Crippen LogP contribution in [0.1, 0.15) is 6.92 Å². The Hall–Kier alpha value is 1.58. The first-order valence-corrected chi connectivity index (χ1v) is 9.07. The third kappa shape index (κ3) is 2.93. The van der Waals surface area contributed by atoms with E-state index in [0.29, 0.717) is 0 Å². The van der Waals surface area contributed by atoms with Crippen molar-refractivity contribution in [2.45, 2.75) is 6.92 Å². The molecule has 0 aromatic rings. The lowest BCUT2D eigenvalue weighted by molar-refractivity contribution is 1.54. The molecule has 0 nitrogen and oxygen atoms in total. The van der Waals surface area contributed by atoms with Gasteiger partial charge in [0.2, 0.25) is 0 Å². The zero-order valence-electron chi connectivity index (χ0n) is 4.16. The number of hydrogen-bond donors (Lipinski definition) is 0. The van der Waals surface area contributed by atoms with Crippen molar-refractivity contribution in [1.82, 2.24) is 0 Å². The van der Waals surface area contributed by atoms with E-state index in [2.05, 4.69) is 0 Å². The van der Waals surface area contributed by atoms with Gasteiger partial charge in [0, 0.05) is 0 Å². The van der Waals surface area contributed by atoms with Gasteiger partial charge in [-0.3, -0.25) is 7.05 Å². The van der Waals surface area contributed by atoms with Crippen molar-refractivity contribution in [1.29, 1.82) is 0 Å². The maximum atomic E-state index is 4.97. The van der Waals surface area contributed by atoms with Gasteiger partial charge in [-0.05, 0) is 5.75 Å². The molecule has 0 aliphatic heterocycles. The summed E-state index contributed by atoms with van der Waals surface area (Å²) in [7, 11) is -0.546. The summed E-state index contributed by atoms with van der Waals surface area (Å²) in [6, 6.07) is 0. The maximum Gasteiger partial charge on any atom is -0.0179 e. The zero-order valence-corrected chi connectivity index (χ0v) is 9.06. The Kier molecular flexibility index (Phi) is 4.40. The molecule has 0 saturated carbocycles. The highest BCUT2D eigenvalue weighted by molar-refractivity contribution is 9.05. The summed E-state index contributed by atoms with van der Waals surface area (Å²) in [5, 5.41) is 0. The minimum absolute atomic E-state index is 0.546. The minimum Gasteiger partial charge on any atom is -0.281 e. The third-order valence-corrected chi connectivity index (χ3v) is 14.8. The van der Waals surface area contributed by atoms with Gasteiger partial charge in [0.1, 0.15) is 0 Å². The Labute approximate surface area is 70.1 Å². The van der Waals surface area contributed by atoms with Crippen LogP contribution in [0.15, 0.2) is 0 Å². The van der Waals surface area contributed by atoms with Crippen molar-refractivity contribution in [2.24, 2.45) is 0 Å². The molecule has 0 fully saturated rings. The SMILES string of the molecule is CCS(=S)(=S)[S-](=S)=S. The summed E-state index contributed by atoms with van der Waals surface area (Å²) in [5.74, 6) is 0.799. The molecule has 0 atom stereocenters. The largest absolute Gasteiger partial charge is 0.281 e. The van der Waals surface area contributed by atoms with Crippen LogP contribution in [0.5, 0.6) is 0 Å². The van der Waals surface area contributed by atoms with Crippen molar-refractivity contribution in [3.8, 4) is 0 Å². The normalized spacial score (nSPS) is 12.2. The molecule has 0 unspecified atom stereocenters. The number of hydrogen-bond acceptors (Lipinski definition) is 5. The van der Waals surface area contributed by atoms with Crippen LogP contribution in [0, 0.1) is 0 Å². The van der Waals surface area contributed by atoms with Crippen LogP contribution in [-0.4, -0.2) is 5.75 Å². The zero-order chi connectivity index (χ0) is 6.78. The summed E-state index contributed by atoms with van der Waals surface area (Å²) in [5.41, 5.74) is 0. The van der Waals surface area contributed by atoms with Crippen LogP contribution < -0.4 is 0 Å². The predicted octanol–water partition coefficient (Wildman–Crippen LogP) is 0.541. The highest BCUT2D eigenvalue weighted by Gasteiger charge is 1.80. The van der Waals surface area contributed by atoms with Gasteiger partial charge in [0.05, 0.1) is 0 Å². The number of rotatable bonds is 2. The molecule has 0 amide bonds. The molecule has 0 rings (SSSR count). The van der Waals surface area contributed by atoms with E-state index in [9.17, 15) is 0 Å². The standard InChI is InChI=1S/C2H5S6/c1-2-8(5,6)7(3)4/h2H2,1H3/q-1. The van der Waals surface area contributed by atoms with Gasteiger partial charge in [0.25, 0.3) is 0 Å². The predicted molar refractivity (Wildman–Crippen MR) is 54.7 cm³/mol. The van der Waals surface area contributed by atoms with E-state index in [1.165, 1.54) is 0 Å². The highest BCUT2D eigenvalue weighted by Crippen LogP contribution is 1.90. The molecular formula is C2H5S6-. The summed E-state index contributed by atoms with van der Waals surface area (Å²) in [6.45, 7) is 1.95. The highest BCUT2D eigenvalue weighted by atomic mass is 33.7. The van der Waals surface area contributed by atoms with Crippen molar-refractivity contribution in [2.75, 3.05) is 5.75 Å². The van der Waals surface area contributed by atoms with Crippen molar-refractivity contribution in [3.63, 3.8) is 0 Å². The molecule has 8 heavy (non-hydrogen) atoms. The fourth-order valence-corrected chi connectivity index (χ4v) is 2.60. The fourth-order valence-electron chi connectivity index (χ4n) is 0.0962. The molecular weight excluding hydrogens is 216 g/mol. The van der Waals surface area contributed by atoms with Crippen molar-refractivity contribution < 1.29 is 0 Å². The lowest BCUT2D eigenvalue weighted by Gasteiger charge is -2.08. The fraction of sp³-hybridized carbons (Fsp3) is 1.00. The molecule has 0 bridgehead atoms. The van der Waals surface area contributed by atoms with Gasteiger partial charge in [-0.15, -0.1) is 0 Å². The van der Waals surface area contributed by atoms with E-state index in [-0.39, 0.29) is 0 Å². The van der Waals surface area contributed by atoms with E-state index < -0.39 is 13.2 Å². The first kappa shape index (κ1) is 9.58. The van der Waals surface area contributed by atoms with E-state index in [4.69, 9.17) is 44.8 Å². The summed E-state index contributed by atoms with van der Waals surface area (Å²) < 4.78 is 0. The van der Waals surface area contributed by atoms with E-state index >= 15 is 0 Å². The monoisotopic (exact) mass is 221 g/mol. The van der Waals surface area contributed by atoms with Gasteiger partial charge in [-0.2, -0.15) is 6.18 Å². The van der Waals surface area contributed by atoms with Crippen LogP contribution in [0.2, 0.25) is 0 Å². The summed E-state index contributed by atoms with van der Waals surface area (Å²) in [6.07, 6.45) is -1.41. The van der Waals surface area contributed by atoms with Crippen LogP contribution in [0.25, 0.3) is 0 Å². The molecule has 0 aromatic heterocycles. The van der Waals surface area contributed by atoms with Gasteiger partial charge < -0.3 is 0 Å². The third-order valence-electron chi connectivity index (χ3n) is 0.561. The second kappa shape index (κ2) is 3.68. The van der Waals surface area contributed by atoms with E-state index in [1.54, 1.807) is 0 Å². The van der Waals surface area contributed by atoms with Gasteiger partial charge >= 0.3 is 0 Å². The minimum atomic E-state index is -1.41. The second-order valence-corrected chi connectivity index (χ2v) is 15.1. The van der Waals surface area contributed by atoms with Crippen LogP contribution in [0.3, 0.4) is 0 Å². The van der Waals surface area contributed by atoms with E-state index in [1.807, 2.05) is 6.92 Å². The Balaban J connectivity index is 4.69. The molecule has 0 N–H and O–H groups in total. The van der Waals surface area contributed by atoms with Gasteiger partial charge in [0.15, 0.2) is 0 Å². The second-order valence-electron chi connectivity index (χ2n) is 1.05. The Morgan fingerprint density at radius 2 is 1.75 bits per heavy atom. The van der Waals surface area contributed by atoms with E-state index in [0.717, 1.165) is 5.75 Å². The molecule has 0 aliphatic rings. The van der Waals surface area contributed by atoms with Crippen molar-refractivity contribution >= 4 is 58.0 Å². The van der Waals surface area contributed by atoms with Crippen LogP contribution >= 0.6 is 0 Å². The van der Waals surface area contributed by atoms with Crippen LogP contribution in [0.4, 0.5) is 0 Å². The first-order valence-electron chi connectivity index (χ1n) is 1.83. The molecule has 6 heteroatoms. The molecule has 0 aliphatic carbocycles. The maximum absolute atomic E-state index is 4.97. The molecule has 0 aromatic carbocycles. The molecule has 0 saturated heterocycles. The topological polar surface area (TPSA) is 0 Å². The average Bonchev–Trinajstić information content (AvgIpc) is 1.67. The molecule has 0 radical (unpaired) electrons. The summed E-state index contributed by atoms with van der Waals surface area (Å²) >= 11 is 19.5. The summed E-state index contributed by atoms with van der Waals surface area (Å²) in [4.78, 5) is 0. The lowest BCUT2D eigenvalue weighted by atomic mass is 11.0. The Morgan fingerprint density at radius 3 is 1.75 bits per heavy atom. The molecule has 0 spiro atoms.